The van der Waals surface area contributed by atoms with E-state index in [-0.39, 0.29) is 17.9 Å². The maximum Gasteiger partial charge on any atom is 0.416 e. The lowest BCUT2D eigenvalue weighted by Gasteiger charge is -2.07. The summed E-state index contributed by atoms with van der Waals surface area (Å²) in [4.78, 5) is 13.1. The molecular weight excluding hydrogens is 409 g/mol. The van der Waals surface area contributed by atoms with Gasteiger partial charge in [0, 0.05) is 22.0 Å². The normalized spacial score (nSPS) is 11.9. The standard InChI is InChI=1S/C19H12ClF3N4O2/c1-10-5-16-14(8-15(10)20)12(7-17(28)29-16)9-27-25-18(24-26-27)11-3-2-4-13(6-11)19(21,22)23/h2-8H,9H2,1H3. The second-order valence-electron chi connectivity index (χ2n) is 6.41. The highest BCUT2D eigenvalue weighted by Gasteiger charge is 2.30. The quantitative estimate of drug-likeness (QED) is 0.457. The van der Waals surface area contributed by atoms with E-state index in [1.807, 2.05) is 0 Å². The highest BCUT2D eigenvalue weighted by molar-refractivity contribution is 6.32. The van der Waals surface area contributed by atoms with Crippen LogP contribution in [0.1, 0.15) is 16.7 Å². The van der Waals surface area contributed by atoms with Crippen molar-refractivity contribution in [2.24, 2.45) is 0 Å². The zero-order valence-electron chi connectivity index (χ0n) is 14.9. The number of hydrogen-bond donors (Lipinski definition) is 0. The van der Waals surface area contributed by atoms with Gasteiger partial charge in [-0.25, -0.2) is 4.79 Å². The first-order chi connectivity index (χ1) is 13.7. The zero-order valence-corrected chi connectivity index (χ0v) is 15.6. The lowest BCUT2D eigenvalue weighted by Crippen LogP contribution is -2.08. The molecule has 148 valence electrons. The average Bonchev–Trinajstić information content (AvgIpc) is 3.11. The van der Waals surface area contributed by atoms with Gasteiger partial charge in [-0.1, -0.05) is 23.7 Å². The molecular formula is C19H12ClF3N4O2. The number of nitrogens with zero attached hydrogens (tertiary/aromatic N) is 4. The zero-order chi connectivity index (χ0) is 20.8. The minimum absolute atomic E-state index is 0.0391. The summed E-state index contributed by atoms with van der Waals surface area (Å²) in [6, 6.07) is 9.29. The Balaban J connectivity index is 1.70. The summed E-state index contributed by atoms with van der Waals surface area (Å²) < 4.78 is 43.9. The number of benzene rings is 2. The van der Waals surface area contributed by atoms with Gasteiger partial charge >= 0.3 is 11.8 Å². The molecule has 0 amide bonds. The highest BCUT2D eigenvalue weighted by Crippen LogP contribution is 2.31. The van der Waals surface area contributed by atoms with Crippen LogP contribution in [-0.4, -0.2) is 20.2 Å². The second-order valence-corrected chi connectivity index (χ2v) is 6.82. The first-order valence-electron chi connectivity index (χ1n) is 8.39. The van der Waals surface area contributed by atoms with E-state index in [9.17, 15) is 18.0 Å². The van der Waals surface area contributed by atoms with Crippen LogP contribution in [-0.2, 0) is 12.7 Å². The number of rotatable bonds is 3. The van der Waals surface area contributed by atoms with Crippen LogP contribution < -0.4 is 5.63 Å². The predicted octanol–water partition coefficient (Wildman–Crippen LogP) is 4.48. The van der Waals surface area contributed by atoms with Crippen LogP contribution in [0.25, 0.3) is 22.4 Å². The summed E-state index contributed by atoms with van der Waals surface area (Å²) in [5.41, 5.74) is 0.501. The molecule has 0 N–H and O–H groups in total. The third-order valence-electron chi connectivity index (χ3n) is 4.32. The third-order valence-corrected chi connectivity index (χ3v) is 4.73. The van der Waals surface area contributed by atoms with Gasteiger partial charge in [0.1, 0.15) is 5.58 Å². The fourth-order valence-electron chi connectivity index (χ4n) is 2.89. The van der Waals surface area contributed by atoms with Crippen molar-refractivity contribution in [2.45, 2.75) is 19.6 Å². The van der Waals surface area contributed by atoms with Crippen molar-refractivity contribution in [3.63, 3.8) is 0 Å². The van der Waals surface area contributed by atoms with Crippen LogP contribution in [0.15, 0.2) is 51.7 Å². The Morgan fingerprint density at radius 3 is 2.72 bits per heavy atom. The maximum atomic E-state index is 12.9. The summed E-state index contributed by atoms with van der Waals surface area (Å²) in [5, 5.41) is 13.0. The summed E-state index contributed by atoms with van der Waals surface area (Å²) in [7, 11) is 0. The van der Waals surface area contributed by atoms with E-state index in [4.69, 9.17) is 16.0 Å². The Labute approximate surface area is 166 Å². The van der Waals surface area contributed by atoms with Crippen molar-refractivity contribution in [3.8, 4) is 11.4 Å². The summed E-state index contributed by atoms with van der Waals surface area (Å²) in [6.45, 7) is 1.85. The van der Waals surface area contributed by atoms with Gasteiger partial charge in [-0.05, 0) is 47.5 Å². The van der Waals surface area contributed by atoms with Gasteiger partial charge in [0.2, 0.25) is 5.82 Å². The highest BCUT2D eigenvalue weighted by atomic mass is 35.5. The molecule has 0 bridgehead atoms. The van der Waals surface area contributed by atoms with Gasteiger partial charge in [0.05, 0.1) is 12.1 Å². The molecule has 2 heterocycles. The van der Waals surface area contributed by atoms with Crippen LogP contribution >= 0.6 is 11.6 Å². The van der Waals surface area contributed by atoms with Crippen molar-refractivity contribution in [1.82, 2.24) is 20.2 Å². The first-order valence-corrected chi connectivity index (χ1v) is 8.77. The molecule has 4 aromatic rings. The Bertz CT molecular complexity index is 1280. The number of halogens is 4. The van der Waals surface area contributed by atoms with E-state index in [0.717, 1.165) is 17.7 Å². The van der Waals surface area contributed by atoms with Crippen molar-refractivity contribution in [3.05, 3.63) is 74.6 Å². The smallest absolute Gasteiger partial charge is 0.416 e. The Kier molecular flexibility index (Phi) is 4.62. The Hall–Kier alpha value is -3.20. The molecule has 0 aliphatic heterocycles. The molecule has 2 aromatic carbocycles. The van der Waals surface area contributed by atoms with Gasteiger partial charge in [-0.2, -0.15) is 18.0 Å². The monoisotopic (exact) mass is 420 g/mol. The Morgan fingerprint density at radius 1 is 1.17 bits per heavy atom. The van der Waals surface area contributed by atoms with E-state index in [0.29, 0.717) is 21.6 Å². The molecule has 2 aromatic heterocycles. The van der Waals surface area contributed by atoms with Crippen LogP contribution in [0.3, 0.4) is 0 Å². The summed E-state index contributed by atoms with van der Waals surface area (Å²) in [5.74, 6) is 0.0391. The third kappa shape index (κ3) is 3.86. The van der Waals surface area contributed by atoms with Gasteiger partial charge < -0.3 is 4.42 Å². The molecule has 0 unspecified atom stereocenters. The molecule has 29 heavy (non-hydrogen) atoms. The number of tetrazole rings is 1. The predicted molar refractivity (Wildman–Crippen MR) is 99.6 cm³/mol. The SMILES string of the molecule is Cc1cc2oc(=O)cc(Cn3nnc(-c4cccc(C(F)(F)F)c4)n3)c2cc1Cl. The minimum atomic E-state index is -4.47. The molecule has 0 fully saturated rings. The van der Waals surface area contributed by atoms with E-state index in [2.05, 4.69) is 15.4 Å². The van der Waals surface area contributed by atoms with Crippen LogP contribution in [0.5, 0.6) is 0 Å². The molecule has 10 heteroatoms. The van der Waals surface area contributed by atoms with Crippen molar-refractivity contribution >= 4 is 22.6 Å². The largest absolute Gasteiger partial charge is 0.423 e. The van der Waals surface area contributed by atoms with E-state index >= 15 is 0 Å². The van der Waals surface area contributed by atoms with Crippen molar-refractivity contribution in [1.29, 1.82) is 0 Å². The molecule has 0 spiro atoms. The maximum absolute atomic E-state index is 12.9. The molecule has 0 aliphatic rings. The summed E-state index contributed by atoms with van der Waals surface area (Å²) in [6.07, 6.45) is -4.47. The lowest BCUT2D eigenvalue weighted by molar-refractivity contribution is -0.137. The number of aromatic nitrogens is 4. The fraction of sp³-hybridized carbons (Fsp3) is 0.158. The first kappa shape index (κ1) is 19.1. The van der Waals surface area contributed by atoms with Crippen LogP contribution in [0, 0.1) is 6.92 Å². The van der Waals surface area contributed by atoms with Crippen molar-refractivity contribution < 1.29 is 17.6 Å². The van der Waals surface area contributed by atoms with Gasteiger partial charge in [-0.3, -0.25) is 0 Å². The molecule has 0 saturated carbocycles. The van der Waals surface area contributed by atoms with Gasteiger partial charge in [-0.15, -0.1) is 10.2 Å². The number of hydrogen-bond acceptors (Lipinski definition) is 5. The number of fused-ring (bicyclic) bond motifs is 1. The molecule has 6 nitrogen and oxygen atoms in total. The number of alkyl halides is 3. The van der Waals surface area contributed by atoms with Gasteiger partial charge in [0.15, 0.2) is 0 Å². The van der Waals surface area contributed by atoms with Crippen LogP contribution in [0.2, 0.25) is 5.02 Å². The molecule has 0 radical (unpaired) electrons. The second kappa shape index (κ2) is 7.00. The Morgan fingerprint density at radius 2 is 1.97 bits per heavy atom. The lowest BCUT2D eigenvalue weighted by atomic mass is 10.1. The molecule has 4 rings (SSSR count). The molecule has 0 aliphatic carbocycles. The number of aryl methyl sites for hydroxylation is 1. The molecule has 0 saturated heterocycles. The van der Waals surface area contributed by atoms with Gasteiger partial charge in [0.25, 0.3) is 0 Å². The molecule has 0 atom stereocenters. The summed E-state index contributed by atoms with van der Waals surface area (Å²) >= 11 is 6.18. The van der Waals surface area contributed by atoms with Crippen molar-refractivity contribution in [2.75, 3.05) is 0 Å². The minimum Gasteiger partial charge on any atom is -0.423 e. The topological polar surface area (TPSA) is 73.8 Å². The average molecular weight is 421 g/mol. The van der Waals surface area contributed by atoms with E-state index in [1.54, 1.807) is 19.1 Å². The van der Waals surface area contributed by atoms with E-state index < -0.39 is 17.4 Å². The fourth-order valence-corrected chi connectivity index (χ4v) is 3.06. The van der Waals surface area contributed by atoms with E-state index in [1.165, 1.54) is 23.0 Å². The van der Waals surface area contributed by atoms with Crippen LogP contribution in [0.4, 0.5) is 13.2 Å².